The van der Waals surface area contributed by atoms with Crippen molar-refractivity contribution in [3.8, 4) is 0 Å². The Morgan fingerprint density at radius 2 is 1.07 bits per heavy atom. The van der Waals surface area contributed by atoms with Gasteiger partial charge >= 0.3 is 0 Å². The molecule has 0 atom stereocenters. The normalized spacial score (nSPS) is 11.4. The summed E-state index contributed by atoms with van der Waals surface area (Å²) in [5.41, 5.74) is 2.88. The van der Waals surface area contributed by atoms with Gasteiger partial charge in [0, 0.05) is 8.95 Å². The minimum absolute atomic E-state index is 0.580. The average Bonchev–Trinajstić information content (AvgIpc) is 2.08. The lowest BCUT2D eigenvalue weighted by atomic mass is 9.91. The van der Waals surface area contributed by atoms with E-state index in [2.05, 4.69) is 71.7 Å². The summed E-state index contributed by atoms with van der Waals surface area (Å²) < 4.78 is 2.29. The molecular formula is C12H16Br2. The fraction of sp³-hybridized carbons (Fsp3) is 0.500. The molecule has 1 aromatic carbocycles. The molecule has 14 heavy (non-hydrogen) atoms. The zero-order valence-corrected chi connectivity index (χ0v) is 12.2. The van der Waals surface area contributed by atoms with Gasteiger partial charge in [0.15, 0.2) is 0 Å². The maximum atomic E-state index is 3.55. The van der Waals surface area contributed by atoms with Gasteiger partial charge in [0.25, 0.3) is 0 Å². The van der Waals surface area contributed by atoms with Crippen molar-refractivity contribution in [2.75, 3.05) is 0 Å². The van der Waals surface area contributed by atoms with Crippen LogP contribution in [0.25, 0.3) is 0 Å². The molecule has 0 N–H and O–H groups in total. The Balaban J connectivity index is 3.31. The van der Waals surface area contributed by atoms with Gasteiger partial charge in [0.2, 0.25) is 0 Å². The predicted molar refractivity (Wildman–Crippen MR) is 70.0 cm³/mol. The van der Waals surface area contributed by atoms with Crippen LogP contribution < -0.4 is 0 Å². The summed E-state index contributed by atoms with van der Waals surface area (Å²) in [5, 5.41) is 0. The van der Waals surface area contributed by atoms with Crippen LogP contribution in [-0.2, 0) is 0 Å². The van der Waals surface area contributed by atoms with Crippen LogP contribution in [0.15, 0.2) is 21.1 Å². The highest BCUT2D eigenvalue weighted by atomic mass is 79.9. The predicted octanol–water partition coefficient (Wildman–Crippen LogP) is 5.46. The summed E-state index contributed by atoms with van der Waals surface area (Å²) in [6.07, 6.45) is 0. The van der Waals surface area contributed by atoms with Crippen LogP contribution in [0.1, 0.15) is 50.7 Å². The van der Waals surface area contributed by atoms with Crippen LogP contribution >= 0.6 is 31.9 Å². The summed E-state index contributed by atoms with van der Waals surface area (Å²) in [7, 11) is 0. The first-order valence-electron chi connectivity index (χ1n) is 4.92. The first-order chi connectivity index (χ1) is 6.43. The second kappa shape index (κ2) is 4.80. The standard InChI is InChI=1S/C12H16Br2/c1-7(2)9-5-11(13)12(14)6-10(9)8(3)4/h5-8H,1-4H3. The van der Waals surface area contributed by atoms with Crippen molar-refractivity contribution in [1.29, 1.82) is 0 Å². The van der Waals surface area contributed by atoms with E-state index in [1.165, 1.54) is 11.1 Å². The second-order valence-electron chi connectivity index (χ2n) is 4.20. The quantitative estimate of drug-likeness (QED) is 0.679. The van der Waals surface area contributed by atoms with Crippen molar-refractivity contribution in [2.45, 2.75) is 39.5 Å². The monoisotopic (exact) mass is 318 g/mol. The fourth-order valence-corrected chi connectivity index (χ4v) is 2.30. The average molecular weight is 320 g/mol. The van der Waals surface area contributed by atoms with E-state index >= 15 is 0 Å². The molecule has 1 aromatic rings. The van der Waals surface area contributed by atoms with Crippen molar-refractivity contribution >= 4 is 31.9 Å². The van der Waals surface area contributed by atoms with E-state index in [9.17, 15) is 0 Å². The molecule has 0 nitrogen and oxygen atoms in total. The van der Waals surface area contributed by atoms with E-state index in [0.29, 0.717) is 11.8 Å². The van der Waals surface area contributed by atoms with Gasteiger partial charge in [-0.3, -0.25) is 0 Å². The second-order valence-corrected chi connectivity index (χ2v) is 5.91. The molecule has 0 aliphatic carbocycles. The van der Waals surface area contributed by atoms with Gasteiger partial charge in [-0.1, -0.05) is 27.7 Å². The third-order valence-corrected chi connectivity index (χ3v) is 4.21. The summed E-state index contributed by atoms with van der Waals surface area (Å²) in [6.45, 7) is 8.95. The Bertz CT molecular complexity index is 294. The molecule has 0 spiro atoms. The molecule has 2 heteroatoms. The largest absolute Gasteiger partial charge is 0.0587 e. The molecule has 0 heterocycles. The number of benzene rings is 1. The van der Waals surface area contributed by atoms with Crippen LogP contribution in [0.4, 0.5) is 0 Å². The third kappa shape index (κ3) is 2.60. The van der Waals surface area contributed by atoms with Crippen LogP contribution in [-0.4, -0.2) is 0 Å². The van der Waals surface area contributed by atoms with E-state index in [0.717, 1.165) is 8.95 Å². The Labute approximate surface area is 103 Å². The van der Waals surface area contributed by atoms with Crippen molar-refractivity contribution in [2.24, 2.45) is 0 Å². The molecule has 0 saturated carbocycles. The molecule has 0 saturated heterocycles. The number of hydrogen-bond acceptors (Lipinski definition) is 0. The van der Waals surface area contributed by atoms with Gasteiger partial charge in [-0.25, -0.2) is 0 Å². The first-order valence-corrected chi connectivity index (χ1v) is 6.51. The third-order valence-electron chi connectivity index (χ3n) is 2.37. The van der Waals surface area contributed by atoms with E-state index in [1.54, 1.807) is 0 Å². The van der Waals surface area contributed by atoms with Gasteiger partial charge in [-0.2, -0.15) is 0 Å². The Morgan fingerprint density at radius 3 is 1.29 bits per heavy atom. The molecular weight excluding hydrogens is 304 g/mol. The SMILES string of the molecule is CC(C)c1cc(Br)c(Br)cc1C(C)C. The van der Waals surface area contributed by atoms with Crippen molar-refractivity contribution in [3.05, 3.63) is 32.2 Å². The molecule has 0 amide bonds. The summed E-state index contributed by atoms with van der Waals surface area (Å²) in [5.74, 6) is 1.16. The zero-order chi connectivity index (χ0) is 10.9. The van der Waals surface area contributed by atoms with Crippen molar-refractivity contribution < 1.29 is 0 Å². The molecule has 0 unspecified atom stereocenters. The van der Waals surface area contributed by atoms with E-state index < -0.39 is 0 Å². The lowest BCUT2D eigenvalue weighted by Crippen LogP contribution is -1.98. The lowest BCUT2D eigenvalue weighted by molar-refractivity contribution is 0.788. The van der Waals surface area contributed by atoms with Crippen molar-refractivity contribution in [3.63, 3.8) is 0 Å². The maximum Gasteiger partial charge on any atom is 0.0320 e. The minimum atomic E-state index is 0.580. The molecule has 0 aromatic heterocycles. The van der Waals surface area contributed by atoms with Crippen LogP contribution in [0.2, 0.25) is 0 Å². The number of halogens is 2. The molecule has 78 valence electrons. The van der Waals surface area contributed by atoms with Crippen LogP contribution in [0.3, 0.4) is 0 Å². The maximum absolute atomic E-state index is 3.55. The van der Waals surface area contributed by atoms with Gasteiger partial charge in [-0.15, -0.1) is 0 Å². The Kier molecular flexibility index (Phi) is 4.20. The van der Waals surface area contributed by atoms with Crippen LogP contribution in [0.5, 0.6) is 0 Å². The van der Waals surface area contributed by atoms with Gasteiger partial charge in [-0.05, 0) is 67.0 Å². The van der Waals surface area contributed by atoms with Crippen molar-refractivity contribution in [1.82, 2.24) is 0 Å². The highest BCUT2D eigenvalue weighted by Gasteiger charge is 2.12. The first kappa shape index (κ1) is 12.3. The number of rotatable bonds is 2. The van der Waals surface area contributed by atoms with E-state index in [1.807, 2.05) is 0 Å². The molecule has 0 radical (unpaired) electrons. The molecule has 0 fully saturated rings. The summed E-state index contributed by atoms with van der Waals surface area (Å²) >= 11 is 7.10. The lowest BCUT2D eigenvalue weighted by Gasteiger charge is -2.17. The van der Waals surface area contributed by atoms with Crippen LogP contribution in [0, 0.1) is 0 Å². The molecule has 0 aliphatic rings. The van der Waals surface area contributed by atoms with Gasteiger partial charge in [0.05, 0.1) is 0 Å². The van der Waals surface area contributed by atoms with Gasteiger partial charge < -0.3 is 0 Å². The Morgan fingerprint density at radius 1 is 0.786 bits per heavy atom. The highest BCUT2D eigenvalue weighted by Crippen LogP contribution is 2.33. The van der Waals surface area contributed by atoms with E-state index in [-0.39, 0.29) is 0 Å². The highest BCUT2D eigenvalue weighted by molar-refractivity contribution is 9.13. The fourth-order valence-electron chi connectivity index (χ4n) is 1.58. The summed E-state index contributed by atoms with van der Waals surface area (Å²) in [6, 6.07) is 4.45. The smallest absolute Gasteiger partial charge is 0.0320 e. The molecule has 0 aliphatic heterocycles. The summed E-state index contributed by atoms with van der Waals surface area (Å²) in [4.78, 5) is 0. The molecule has 1 rings (SSSR count). The zero-order valence-electron chi connectivity index (χ0n) is 9.07. The topological polar surface area (TPSA) is 0 Å². The van der Waals surface area contributed by atoms with Gasteiger partial charge in [0.1, 0.15) is 0 Å². The minimum Gasteiger partial charge on any atom is -0.0587 e. The number of hydrogen-bond donors (Lipinski definition) is 0. The molecule has 0 bridgehead atoms. The van der Waals surface area contributed by atoms with E-state index in [4.69, 9.17) is 0 Å². The Hall–Kier alpha value is 0.180.